The molecule has 1 aliphatic rings. The Labute approximate surface area is 195 Å². The fraction of sp³-hybridized carbons (Fsp3) is 0.333. The van der Waals surface area contributed by atoms with Crippen LogP contribution in [0.4, 0.5) is 13.2 Å². The molecule has 0 amide bonds. The Hall–Kier alpha value is -2.81. The molecule has 3 aromatic rings. The molecule has 1 saturated carbocycles. The molecule has 172 valence electrons. The third-order valence-corrected chi connectivity index (χ3v) is 7.04. The Bertz CT molecular complexity index is 1110. The Kier molecular flexibility index (Phi) is 7.37. The second-order valence-corrected chi connectivity index (χ2v) is 9.17. The fourth-order valence-corrected chi connectivity index (χ4v) is 4.91. The molecule has 1 aliphatic carbocycles. The highest BCUT2D eigenvalue weighted by Crippen LogP contribution is 2.38. The van der Waals surface area contributed by atoms with Gasteiger partial charge in [0.15, 0.2) is 11.6 Å². The van der Waals surface area contributed by atoms with Crippen molar-refractivity contribution in [2.24, 2.45) is 5.92 Å². The lowest BCUT2D eigenvalue weighted by Gasteiger charge is -2.27. The molecule has 0 aromatic heterocycles. The van der Waals surface area contributed by atoms with Crippen LogP contribution in [0.5, 0.6) is 0 Å². The van der Waals surface area contributed by atoms with Crippen LogP contribution in [0.3, 0.4) is 0 Å². The summed E-state index contributed by atoms with van der Waals surface area (Å²) in [4.78, 5) is 0. The summed E-state index contributed by atoms with van der Waals surface area (Å²) in [5, 5.41) is 0. The summed E-state index contributed by atoms with van der Waals surface area (Å²) in [5.74, 6) is -0.865. The van der Waals surface area contributed by atoms with Crippen LogP contribution in [0.15, 0.2) is 67.3 Å². The molecule has 0 radical (unpaired) electrons. The summed E-state index contributed by atoms with van der Waals surface area (Å²) < 4.78 is 44.2. The highest BCUT2D eigenvalue weighted by Gasteiger charge is 2.21. The highest BCUT2D eigenvalue weighted by molar-refractivity contribution is 5.71. The Morgan fingerprint density at radius 2 is 1.45 bits per heavy atom. The number of hydrogen-bond donors (Lipinski definition) is 0. The predicted molar refractivity (Wildman–Crippen MR) is 131 cm³/mol. The molecular formula is C30H31F3. The minimum atomic E-state index is -0.821. The molecule has 0 heterocycles. The number of unbranched alkanes of at least 4 members (excludes halogenated alkanes) is 1. The lowest BCUT2D eigenvalue weighted by atomic mass is 9.78. The van der Waals surface area contributed by atoms with Crippen LogP contribution in [-0.2, 0) is 6.42 Å². The molecular weight excluding hydrogens is 417 g/mol. The topological polar surface area (TPSA) is 0 Å². The quantitative estimate of drug-likeness (QED) is 0.316. The van der Waals surface area contributed by atoms with Crippen molar-refractivity contribution in [2.75, 3.05) is 0 Å². The minimum Gasteiger partial charge on any atom is -0.206 e. The molecule has 0 N–H and O–H groups in total. The second-order valence-electron chi connectivity index (χ2n) is 9.17. The third kappa shape index (κ3) is 5.08. The molecule has 0 atom stereocenters. The molecule has 33 heavy (non-hydrogen) atoms. The van der Waals surface area contributed by atoms with Crippen LogP contribution in [0.1, 0.15) is 62.5 Å². The lowest BCUT2D eigenvalue weighted by Crippen LogP contribution is -2.11. The van der Waals surface area contributed by atoms with Gasteiger partial charge in [0.1, 0.15) is 5.82 Å². The van der Waals surface area contributed by atoms with Gasteiger partial charge in [0.05, 0.1) is 0 Å². The van der Waals surface area contributed by atoms with Gasteiger partial charge in [-0.05, 0) is 78.7 Å². The largest absolute Gasteiger partial charge is 0.206 e. The second kappa shape index (κ2) is 10.4. The summed E-state index contributed by atoms with van der Waals surface area (Å²) in [6, 6.07) is 15.8. The van der Waals surface area contributed by atoms with E-state index in [0.717, 1.165) is 49.7 Å². The van der Waals surface area contributed by atoms with Crippen molar-refractivity contribution in [2.45, 2.75) is 57.8 Å². The number of allylic oxidation sites excluding steroid dienone is 1. The van der Waals surface area contributed by atoms with Crippen LogP contribution in [-0.4, -0.2) is 0 Å². The van der Waals surface area contributed by atoms with E-state index >= 15 is 0 Å². The van der Waals surface area contributed by atoms with Crippen LogP contribution >= 0.6 is 0 Å². The first-order chi connectivity index (χ1) is 16.0. The molecule has 0 aliphatic heterocycles. The molecule has 3 aromatic carbocycles. The van der Waals surface area contributed by atoms with Gasteiger partial charge in [0.25, 0.3) is 0 Å². The van der Waals surface area contributed by atoms with Crippen molar-refractivity contribution in [1.29, 1.82) is 0 Å². The maximum absolute atomic E-state index is 15.0. The first-order valence-electron chi connectivity index (χ1n) is 12.0. The minimum absolute atomic E-state index is 0.227. The Morgan fingerprint density at radius 1 is 0.818 bits per heavy atom. The van der Waals surface area contributed by atoms with Gasteiger partial charge >= 0.3 is 0 Å². The van der Waals surface area contributed by atoms with Gasteiger partial charge in [-0.3, -0.25) is 0 Å². The van der Waals surface area contributed by atoms with E-state index < -0.39 is 11.6 Å². The number of halogens is 3. The maximum atomic E-state index is 15.0. The standard InChI is InChI=1S/C30H31F3/c1-3-5-6-24-15-18-27(30(33)29(24)32)23-13-11-22(12-14-23)26-17-16-25(19-28(26)31)21-9-7-20(4-2)8-10-21/h4,11-21H,2-3,5-10H2,1H3. The molecule has 4 rings (SSSR count). The number of benzene rings is 3. The monoisotopic (exact) mass is 448 g/mol. The number of hydrogen-bond acceptors (Lipinski definition) is 0. The number of aryl methyl sites for hydroxylation is 1. The van der Waals surface area contributed by atoms with Gasteiger partial charge < -0.3 is 0 Å². The molecule has 0 saturated heterocycles. The van der Waals surface area contributed by atoms with Crippen molar-refractivity contribution >= 4 is 0 Å². The smallest absolute Gasteiger partial charge is 0.166 e. The van der Waals surface area contributed by atoms with E-state index in [-0.39, 0.29) is 11.4 Å². The van der Waals surface area contributed by atoms with Crippen molar-refractivity contribution < 1.29 is 13.2 Å². The summed E-state index contributed by atoms with van der Waals surface area (Å²) in [6.07, 6.45) is 8.65. The SMILES string of the molecule is C=CC1CCC(c2ccc(-c3ccc(-c4ccc(CCCC)c(F)c4F)cc3)c(F)c2)CC1. The van der Waals surface area contributed by atoms with Crippen molar-refractivity contribution in [1.82, 2.24) is 0 Å². The van der Waals surface area contributed by atoms with Gasteiger partial charge in [-0.15, -0.1) is 6.58 Å². The van der Waals surface area contributed by atoms with Crippen LogP contribution in [0.2, 0.25) is 0 Å². The summed E-state index contributed by atoms with van der Waals surface area (Å²) in [7, 11) is 0. The fourth-order valence-electron chi connectivity index (χ4n) is 4.91. The van der Waals surface area contributed by atoms with Crippen LogP contribution in [0.25, 0.3) is 22.3 Å². The first kappa shape index (κ1) is 23.4. The van der Waals surface area contributed by atoms with Gasteiger partial charge in [-0.2, -0.15) is 0 Å². The summed E-state index contributed by atoms with van der Waals surface area (Å²) >= 11 is 0. The molecule has 0 nitrogen and oxygen atoms in total. The zero-order valence-electron chi connectivity index (χ0n) is 19.2. The summed E-state index contributed by atoms with van der Waals surface area (Å²) in [5.41, 5.74) is 3.51. The molecule has 0 spiro atoms. The molecule has 0 bridgehead atoms. The number of rotatable bonds is 7. The van der Waals surface area contributed by atoms with E-state index in [1.807, 2.05) is 25.1 Å². The van der Waals surface area contributed by atoms with E-state index in [9.17, 15) is 13.2 Å². The molecule has 3 heteroatoms. The third-order valence-electron chi connectivity index (χ3n) is 7.04. The first-order valence-corrected chi connectivity index (χ1v) is 12.0. The van der Waals surface area contributed by atoms with Crippen molar-refractivity contribution in [3.05, 3.63) is 95.8 Å². The van der Waals surface area contributed by atoms with Gasteiger partial charge in [0, 0.05) is 11.1 Å². The molecule has 0 unspecified atom stereocenters. The Morgan fingerprint density at radius 3 is 2.06 bits per heavy atom. The van der Waals surface area contributed by atoms with E-state index in [1.165, 1.54) is 0 Å². The normalized spacial score (nSPS) is 18.3. The van der Waals surface area contributed by atoms with Gasteiger partial charge in [-0.1, -0.05) is 68.0 Å². The zero-order valence-corrected chi connectivity index (χ0v) is 19.2. The highest BCUT2D eigenvalue weighted by atomic mass is 19.2. The Balaban J connectivity index is 1.53. The average molecular weight is 449 g/mol. The maximum Gasteiger partial charge on any atom is 0.166 e. The van der Waals surface area contributed by atoms with Crippen molar-refractivity contribution in [3.8, 4) is 22.3 Å². The zero-order chi connectivity index (χ0) is 23.4. The average Bonchev–Trinajstić information content (AvgIpc) is 2.85. The van der Waals surface area contributed by atoms with Gasteiger partial charge in [0.2, 0.25) is 0 Å². The van der Waals surface area contributed by atoms with Crippen molar-refractivity contribution in [3.63, 3.8) is 0 Å². The van der Waals surface area contributed by atoms with E-state index in [0.29, 0.717) is 34.9 Å². The van der Waals surface area contributed by atoms with E-state index in [2.05, 4.69) is 6.58 Å². The van der Waals surface area contributed by atoms with Gasteiger partial charge in [-0.25, -0.2) is 13.2 Å². The molecule has 1 fully saturated rings. The predicted octanol–water partition coefficient (Wildman–Crippen LogP) is 9.24. The van der Waals surface area contributed by atoms with Crippen LogP contribution < -0.4 is 0 Å². The summed E-state index contributed by atoms with van der Waals surface area (Å²) in [6.45, 7) is 5.91. The lowest BCUT2D eigenvalue weighted by molar-refractivity contribution is 0.375. The van der Waals surface area contributed by atoms with E-state index in [1.54, 1.807) is 42.5 Å². The van der Waals surface area contributed by atoms with E-state index in [4.69, 9.17) is 0 Å². The van der Waals surface area contributed by atoms with Crippen LogP contribution in [0, 0.1) is 23.4 Å².